The number of aromatic nitrogens is 1. The maximum absolute atomic E-state index is 12.4. The molecule has 0 aliphatic heterocycles. The van der Waals surface area contributed by atoms with E-state index in [4.69, 9.17) is 0 Å². The highest BCUT2D eigenvalue weighted by Crippen LogP contribution is 2.10. The number of pyridine rings is 1. The van der Waals surface area contributed by atoms with Crippen molar-refractivity contribution in [1.29, 1.82) is 0 Å². The Morgan fingerprint density at radius 2 is 1.50 bits per heavy atom. The summed E-state index contributed by atoms with van der Waals surface area (Å²) < 4.78 is 0. The van der Waals surface area contributed by atoms with E-state index >= 15 is 0 Å². The fourth-order valence-electron chi connectivity index (χ4n) is 2.75. The number of rotatable bonds is 7. The molecule has 0 saturated heterocycles. The van der Waals surface area contributed by atoms with Crippen LogP contribution in [-0.4, -0.2) is 23.3 Å². The van der Waals surface area contributed by atoms with E-state index in [-0.39, 0.29) is 23.2 Å². The molecule has 0 saturated carbocycles. The molecule has 0 aliphatic rings. The zero-order chi connectivity index (χ0) is 19.8. The summed E-state index contributed by atoms with van der Waals surface area (Å²) in [6.07, 6.45) is 1.73. The van der Waals surface area contributed by atoms with E-state index in [1.54, 1.807) is 18.2 Å². The third-order valence-electron chi connectivity index (χ3n) is 4.29. The molecule has 142 valence electrons. The number of hydrogen-bond donors (Lipinski definition) is 2. The highest BCUT2D eigenvalue weighted by Gasteiger charge is 2.12. The smallest absolute Gasteiger partial charge is 0.274 e. The molecule has 2 aromatic carbocycles. The Kier molecular flexibility index (Phi) is 6.52. The number of nitrogens with zero attached hydrogens (tertiary/aromatic N) is 1. The van der Waals surface area contributed by atoms with Crippen molar-refractivity contribution in [2.45, 2.75) is 19.8 Å². The van der Waals surface area contributed by atoms with Gasteiger partial charge in [0.25, 0.3) is 11.8 Å². The van der Waals surface area contributed by atoms with Crippen LogP contribution in [0.25, 0.3) is 0 Å². The quantitative estimate of drug-likeness (QED) is 0.615. The molecular weight excluding hydrogens is 350 g/mol. The van der Waals surface area contributed by atoms with Crippen molar-refractivity contribution in [2.75, 3.05) is 11.9 Å². The lowest BCUT2D eigenvalue weighted by Crippen LogP contribution is -2.26. The lowest BCUT2D eigenvalue weighted by molar-refractivity contribution is 0.0948. The van der Waals surface area contributed by atoms with E-state index in [1.165, 1.54) is 5.56 Å². The van der Waals surface area contributed by atoms with Crippen LogP contribution < -0.4 is 10.6 Å². The lowest BCUT2D eigenvalue weighted by atomic mass is 10.1. The van der Waals surface area contributed by atoms with Crippen LogP contribution in [0, 0.1) is 6.92 Å². The summed E-state index contributed by atoms with van der Waals surface area (Å²) in [7, 11) is 0. The van der Waals surface area contributed by atoms with Crippen LogP contribution in [0.15, 0.2) is 72.8 Å². The van der Waals surface area contributed by atoms with Crippen LogP contribution in [0.2, 0.25) is 0 Å². The van der Waals surface area contributed by atoms with Gasteiger partial charge in [-0.05, 0) is 49.6 Å². The number of nitrogens with one attached hydrogen (secondary N) is 2. The van der Waals surface area contributed by atoms with Crippen molar-refractivity contribution in [3.63, 3.8) is 0 Å². The highest BCUT2D eigenvalue weighted by molar-refractivity contribution is 6.03. The first-order valence-electron chi connectivity index (χ1n) is 9.29. The third-order valence-corrected chi connectivity index (χ3v) is 4.29. The molecular formula is C23H23N3O2. The molecule has 0 atom stereocenters. The van der Waals surface area contributed by atoms with Gasteiger partial charge in [-0.25, -0.2) is 4.98 Å². The second-order valence-electron chi connectivity index (χ2n) is 6.57. The number of aryl methyl sites for hydroxylation is 2. The monoisotopic (exact) mass is 373 g/mol. The van der Waals surface area contributed by atoms with E-state index in [0.29, 0.717) is 12.2 Å². The van der Waals surface area contributed by atoms with Crippen LogP contribution in [-0.2, 0) is 6.42 Å². The summed E-state index contributed by atoms with van der Waals surface area (Å²) in [6.45, 7) is 2.53. The van der Waals surface area contributed by atoms with Gasteiger partial charge in [-0.2, -0.15) is 0 Å². The first kappa shape index (κ1) is 19.3. The molecule has 3 aromatic rings. The van der Waals surface area contributed by atoms with Gasteiger partial charge in [0.2, 0.25) is 0 Å². The number of carbonyl (C=O) groups excluding carboxylic acids is 2. The Balaban J connectivity index is 1.53. The standard InChI is InChI=1S/C23H23N3O2/c1-17-12-14-19(15-13-17)25-23(28)21-11-5-10-20(26-21)22(27)24-16-6-9-18-7-3-2-4-8-18/h2-5,7-8,10-15H,6,9,16H2,1H3,(H,24,27)(H,25,28). The van der Waals surface area contributed by atoms with E-state index < -0.39 is 0 Å². The van der Waals surface area contributed by atoms with Crippen LogP contribution in [0.3, 0.4) is 0 Å². The molecule has 1 heterocycles. The second-order valence-corrected chi connectivity index (χ2v) is 6.57. The highest BCUT2D eigenvalue weighted by atomic mass is 16.2. The van der Waals surface area contributed by atoms with Gasteiger partial charge in [-0.15, -0.1) is 0 Å². The Hall–Kier alpha value is -3.47. The molecule has 0 radical (unpaired) electrons. The minimum Gasteiger partial charge on any atom is -0.351 e. The largest absolute Gasteiger partial charge is 0.351 e. The Morgan fingerprint density at radius 1 is 0.821 bits per heavy atom. The summed E-state index contributed by atoms with van der Waals surface area (Å²) >= 11 is 0. The molecule has 0 fully saturated rings. The van der Waals surface area contributed by atoms with Gasteiger partial charge < -0.3 is 10.6 Å². The number of benzene rings is 2. The molecule has 5 heteroatoms. The summed E-state index contributed by atoms with van der Waals surface area (Å²) in [5.41, 5.74) is 3.48. The average Bonchev–Trinajstić information content (AvgIpc) is 2.73. The molecule has 2 N–H and O–H groups in total. The minimum atomic E-state index is -0.345. The maximum Gasteiger partial charge on any atom is 0.274 e. The van der Waals surface area contributed by atoms with Gasteiger partial charge in [0.1, 0.15) is 11.4 Å². The zero-order valence-corrected chi connectivity index (χ0v) is 15.8. The van der Waals surface area contributed by atoms with Gasteiger partial charge >= 0.3 is 0 Å². The summed E-state index contributed by atoms with van der Waals surface area (Å²) in [4.78, 5) is 28.9. The minimum absolute atomic E-state index is 0.206. The predicted molar refractivity (Wildman–Crippen MR) is 110 cm³/mol. The molecule has 0 spiro atoms. The first-order valence-corrected chi connectivity index (χ1v) is 9.29. The second kappa shape index (κ2) is 9.46. The molecule has 28 heavy (non-hydrogen) atoms. The lowest BCUT2D eigenvalue weighted by Gasteiger charge is -2.08. The Bertz CT molecular complexity index is 938. The molecule has 2 amide bonds. The van der Waals surface area contributed by atoms with Gasteiger partial charge in [-0.1, -0.05) is 54.1 Å². The molecule has 0 unspecified atom stereocenters. The third kappa shape index (κ3) is 5.51. The number of carbonyl (C=O) groups is 2. The number of amides is 2. The van der Waals surface area contributed by atoms with Gasteiger partial charge in [0, 0.05) is 12.2 Å². The summed E-state index contributed by atoms with van der Waals surface area (Å²) in [5, 5.41) is 5.65. The summed E-state index contributed by atoms with van der Waals surface area (Å²) in [5.74, 6) is -0.624. The maximum atomic E-state index is 12.4. The molecule has 0 bridgehead atoms. The van der Waals surface area contributed by atoms with Gasteiger partial charge in [0.15, 0.2) is 0 Å². The van der Waals surface area contributed by atoms with Crippen molar-refractivity contribution in [2.24, 2.45) is 0 Å². The van der Waals surface area contributed by atoms with Crippen LogP contribution in [0.4, 0.5) is 5.69 Å². The van der Waals surface area contributed by atoms with E-state index in [9.17, 15) is 9.59 Å². The fourth-order valence-corrected chi connectivity index (χ4v) is 2.75. The van der Waals surface area contributed by atoms with E-state index in [0.717, 1.165) is 18.4 Å². The van der Waals surface area contributed by atoms with Gasteiger partial charge in [-0.3, -0.25) is 9.59 Å². The normalized spacial score (nSPS) is 10.3. The Morgan fingerprint density at radius 3 is 2.21 bits per heavy atom. The fraction of sp³-hybridized carbons (Fsp3) is 0.174. The Labute approximate surface area is 164 Å². The summed E-state index contributed by atoms with van der Waals surface area (Å²) in [6, 6.07) is 22.5. The van der Waals surface area contributed by atoms with E-state index in [2.05, 4.69) is 27.8 Å². The van der Waals surface area contributed by atoms with E-state index in [1.807, 2.05) is 49.4 Å². The predicted octanol–water partition coefficient (Wildman–Crippen LogP) is 4.00. The molecule has 3 rings (SSSR count). The SMILES string of the molecule is Cc1ccc(NC(=O)c2cccc(C(=O)NCCCc3ccccc3)n2)cc1. The zero-order valence-electron chi connectivity index (χ0n) is 15.8. The number of hydrogen-bond acceptors (Lipinski definition) is 3. The van der Waals surface area contributed by atoms with Crippen LogP contribution in [0.1, 0.15) is 38.5 Å². The van der Waals surface area contributed by atoms with Crippen molar-refractivity contribution >= 4 is 17.5 Å². The molecule has 5 nitrogen and oxygen atoms in total. The molecule has 0 aliphatic carbocycles. The van der Waals surface area contributed by atoms with Crippen LogP contribution in [0.5, 0.6) is 0 Å². The van der Waals surface area contributed by atoms with Crippen molar-refractivity contribution in [3.8, 4) is 0 Å². The first-order chi connectivity index (χ1) is 13.6. The molecule has 1 aromatic heterocycles. The number of anilines is 1. The van der Waals surface area contributed by atoms with Crippen molar-refractivity contribution in [1.82, 2.24) is 10.3 Å². The van der Waals surface area contributed by atoms with Crippen LogP contribution >= 0.6 is 0 Å². The van der Waals surface area contributed by atoms with Crippen molar-refractivity contribution < 1.29 is 9.59 Å². The van der Waals surface area contributed by atoms with Gasteiger partial charge in [0.05, 0.1) is 0 Å². The van der Waals surface area contributed by atoms with Crippen molar-refractivity contribution in [3.05, 3.63) is 95.3 Å². The average molecular weight is 373 g/mol. The topological polar surface area (TPSA) is 71.1 Å².